The highest BCUT2D eigenvalue weighted by Crippen LogP contribution is 2.25. The van der Waals surface area contributed by atoms with E-state index in [0.717, 1.165) is 25.3 Å². The highest BCUT2D eigenvalue weighted by Gasteiger charge is 2.25. The van der Waals surface area contributed by atoms with Gasteiger partial charge < -0.3 is 19.9 Å². The van der Waals surface area contributed by atoms with E-state index in [0.29, 0.717) is 17.7 Å². The van der Waals surface area contributed by atoms with Gasteiger partial charge in [0.05, 0.1) is 18.6 Å². The molecule has 1 unspecified atom stereocenters. The van der Waals surface area contributed by atoms with E-state index < -0.39 is 0 Å². The Morgan fingerprint density at radius 3 is 3.11 bits per heavy atom. The maximum atomic E-state index is 5.79. The van der Waals surface area contributed by atoms with Crippen LogP contribution in [0.15, 0.2) is 6.33 Å². The van der Waals surface area contributed by atoms with E-state index >= 15 is 0 Å². The van der Waals surface area contributed by atoms with Crippen molar-refractivity contribution in [3.05, 3.63) is 17.7 Å². The van der Waals surface area contributed by atoms with E-state index in [9.17, 15) is 0 Å². The molecule has 1 atom stereocenters. The third kappa shape index (κ3) is 3.45. The summed E-state index contributed by atoms with van der Waals surface area (Å²) in [7, 11) is 0. The Morgan fingerprint density at radius 1 is 1.63 bits per heavy atom. The van der Waals surface area contributed by atoms with Gasteiger partial charge in [-0.05, 0) is 33.0 Å². The molecule has 1 aromatic rings. The Morgan fingerprint density at radius 2 is 2.42 bits per heavy atom. The molecule has 106 valence electrons. The molecule has 1 aliphatic heterocycles. The first-order valence-corrected chi connectivity index (χ1v) is 7.22. The molecular weight excluding hydrogens is 260 g/mol. The summed E-state index contributed by atoms with van der Waals surface area (Å²) in [5.41, 5.74) is 2.34. The highest BCUT2D eigenvalue weighted by molar-refractivity contribution is 7.80. The van der Waals surface area contributed by atoms with E-state index in [1.54, 1.807) is 0 Å². The van der Waals surface area contributed by atoms with Crippen LogP contribution in [0.4, 0.5) is 0 Å². The lowest BCUT2D eigenvalue weighted by molar-refractivity contribution is 0.0413. The standard InChI is InChI=1S/C13H22N4OS/c1-4-17-8-15-12-10(17)5-6-18-11(12)7-14-13(19)16-9(2)3/h8-9,11H,4-7H2,1-3H3,(H2,14,16,19). The number of nitrogens with zero attached hydrogens (tertiary/aromatic N) is 2. The number of rotatable bonds is 4. The number of imidazole rings is 1. The number of hydrogen-bond acceptors (Lipinski definition) is 3. The van der Waals surface area contributed by atoms with E-state index in [4.69, 9.17) is 17.0 Å². The lowest BCUT2D eigenvalue weighted by atomic mass is 10.1. The van der Waals surface area contributed by atoms with Gasteiger partial charge in [-0.3, -0.25) is 0 Å². The van der Waals surface area contributed by atoms with Gasteiger partial charge in [0.1, 0.15) is 6.10 Å². The Balaban J connectivity index is 1.96. The lowest BCUT2D eigenvalue weighted by Gasteiger charge is -2.24. The van der Waals surface area contributed by atoms with Crippen molar-refractivity contribution in [3.63, 3.8) is 0 Å². The van der Waals surface area contributed by atoms with Crippen molar-refractivity contribution in [1.82, 2.24) is 20.2 Å². The van der Waals surface area contributed by atoms with Crippen LogP contribution in [0.1, 0.15) is 38.3 Å². The Bertz CT molecular complexity index is 444. The van der Waals surface area contributed by atoms with Crippen LogP contribution in [-0.2, 0) is 17.7 Å². The van der Waals surface area contributed by atoms with Crippen molar-refractivity contribution in [2.45, 2.75) is 45.9 Å². The number of fused-ring (bicyclic) bond motifs is 1. The number of aryl methyl sites for hydroxylation is 1. The average Bonchev–Trinajstić information content (AvgIpc) is 2.79. The van der Waals surface area contributed by atoms with Crippen LogP contribution in [0.25, 0.3) is 0 Å². The van der Waals surface area contributed by atoms with E-state index in [2.05, 4.69) is 41.0 Å². The molecule has 0 fully saturated rings. The van der Waals surface area contributed by atoms with Crippen LogP contribution in [0, 0.1) is 0 Å². The predicted molar refractivity (Wildman–Crippen MR) is 79.2 cm³/mol. The quantitative estimate of drug-likeness (QED) is 0.817. The molecular formula is C13H22N4OS. The molecule has 1 aliphatic rings. The summed E-state index contributed by atoms with van der Waals surface area (Å²) < 4.78 is 7.98. The van der Waals surface area contributed by atoms with Crippen LogP contribution >= 0.6 is 12.2 Å². The first-order chi connectivity index (χ1) is 9.11. The van der Waals surface area contributed by atoms with Gasteiger partial charge in [-0.1, -0.05) is 0 Å². The van der Waals surface area contributed by atoms with E-state index in [-0.39, 0.29) is 6.10 Å². The number of ether oxygens (including phenoxy) is 1. The Kier molecular flexibility index (Phi) is 4.76. The van der Waals surface area contributed by atoms with Gasteiger partial charge in [-0.2, -0.15) is 0 Å². The molecule has 0 saturated heterocycles. The molecule has 0 radical (unpaired) electrons. The molecule has 0 bridgehead atoms. The summed E-state index contributed by atoms with van der Waals surface area (Å²) >= 11 is 5.22. The fourth-order valence-electron chi connectivity index (χ4n) is 2.27. The van der Waals surface area contributed by atoms with Crippen LogP contribution in [0.3, 0.4) is 0 Å². The maximum Gasteiger partial charge on any atom is 0.166 e. The second-order valence-electron chi connectivity index (χ2n) is 4.98. The fourth-order valence-corrected chi connectivity index (χ4v) is 2.59. The Hall–Kier alpha value is -1.14. The monoisotopic (exact) mass is 282 g/mol. The zero-order chi connectivity index (χ0) is 13.8. The first kappa shape index (κ1) is 14.3. The smallest absolute Gasteiger partial charge is 0.166 e. The molecule has 0 saturated carbocycles. The minimum atomic E-state index is -0.0107. The summed E-state index contributed by atoms with van der Waals surface area (Å²) in [4.78, 5) is 4.48. The van der Waals surface area contributed by atoms with Crippen LogP contribution in [0.2, 0.25) is 0 Å². The minimum Gasteiger partial charge on any atom is -0.370 e. The second-order valence-corrected chi connectivity index (χ2v) is 5.39. The van der Waals surface area contributed by atoms with Gasteiger partial charge in [0, 0.05) is 31.2 Å². The number of aromatic nitrogens is 2. The number of thiocarbonyl (C=S) groups is 1. The molecule has 1 aromatic heterocycles. The topological polar surface area (TPSA) is 51.1 Å². The van der Waals surface area contributed by atoms with Crippen LogP contribution in [0.5, 0.6) is 0 Å². The summed E-state index contributed by atoms with van der Waals surface area (Å²) in [6, 6.07) is 0.335. The molecule has 0 spiro atoms. The third-order valence-electron chi connectivity index (χ3n) is 3.15. The van der Waals surface area contributed by atoms with Gasteiger partial charge in [-0.15, -0.1) is 0 Å². The summed E-state index contributed by atoms with van der Waals surface area (Å²) in [6.45, 7) is 8.61. The van der Waals surface area contributed by atoms with Crippen molar-refractivity contribution in [3.8, 4) is 0 Å². The third-order valence-corrected chi connectivity index (χ3v) is 3.41. The van der Waals surface area contributed by atoms with E-state index in [1.165, 1.54) is 5.69 Å². The summed E-state index contributed by atoms with van der Waals surface area (Å²) in [5, 5.41) is 7.03. The number of nitrogens with one attached hydrogen (secondary N) is 2. The predicted octanol–water partition coefficient (Wildman–Crippen LogP) is 1.39. The van der Waals surface area contributed by atoms with Gasteiger partial charge in [0.2, 0.25) is 0 Å². The number of hydrogen-bond donors (Lipinski definition) is 2. The maximum absolute atomic E-state index is 5.79. The SMILES string of the molecule is CCn1cnc2c1CCOC2CNC(=S)NC(C)C. The van der Waals surface area contributed by atoms with Crippen molar-refractivity contribution in [2.24, 2.45) is 0 Å². The van der Waals surface area contributed by atoms with Crippen molar-refractivity contribution in [2.75, 3.05) is 13.2 Å². The molecule has 19 heavy (non-hydrogen) atoms. The molecule has 0 aromatic carbocycles. The summed E-state index contributed by atoms with van der Waals surface area (Å²) in [5.74, 6) is 0. The van der Waals surface area contributed by atoms with Gasteiger partial charge >= 0.3 is 0 Å². The zero-order valence-electron chi connectivity index (χ0n) is 11.8. The molecule has 5 nitrogen and oxygen atoms in total. The molecule has 0 aliphatic carbocycles. The molecule has 2 heterocycles. The molecule has 2 N–H and O–H groups in total. The average molecular weight is 282 g/mol. The summed E-state index contributed by atoms with van der Waals surface area (Å²) in [6.07, 6.45) is 2.83. The minimum absolute atomic E-state index is 0.0107. The molecule has 0 amide bonds. The van der Waals surface area contributed by atoms with Crippen molar-refractivity contribution >= 4 is 17.3 Å². The van der Waals surface area contributed by atoms with E-state index in [1.807, 2.05) is 6.33 Å². The fraction of sp³-hybridized carbons (Fsp3) is 0.692. The van der Waals surface area contributed by atoms with Crippen molar-refractivity contribution < 1.29 is 4.74 Å². The molecule has 2 rings (SSSR count). The zero-order valence-corrected chi connectivity index (χ0v) is 12.6. The Labute approximate surface area is 119 Å². The van der Waals surface area contributed by atoms with Crippen LogP contribution in [-0.4, -0.2) is 33.9 Å². The van der Waals surface area contributed by atoms with Gasteiger partial charge in [0.25, 0.3) is 0 Å². The first-order valence-electron chi connectivity index (χ1n) is 6.81. The van der Waals surface area contributed by atoms with Crippen molar-refractivity contribution in [1.29, 1.82) is 0 Å². The second kappa shape index (κ2) is 6.34. The lowest BCUT2D eigenvalue weighted by Crippen LogP contribution is -2.41. The van der Waals surface area contributed by atoms with Gasteiger partial charge in [-0.25, -0.2) is 4.98 Å². The normalized spacial score (nSPS) is 18.2. The van der Waals surface area contributed by atoms with Crippen LogP contribution < -0.4 is 10.6 Å². The largest absolute Gasteiger partial charge is 0.370 e. The highest BCUT2D eigenvalue weighted by atomic mass is 32.1. The molecule has 6 heteroatoms. The van der Waals surface area contributed by atoms with Gasteiger partial charge in [0.15, 0.2) is 5.11 Å².